The van der Waals surface area contributed by atoms with E-state index in [1.54, 1.807) is 24.3 Å². The molecule has 2 aromatic carbocycles. The van der Waals surface area contributed by atoms with Crippen molar-refractivity contribution >= 4 is 17.6 Å². The molecular weight excluding hydrogens is 224 g/mol. The van der Waals surface area contributed by atoms with Crippen LogP contribution in [0.25, 0.3) is 0 Å². The van der Waals surface area contributed by atoms with Gasteiger partial charge in [0.05, 0.1) is 5.69 Å². The highest BCUT2D eigenvalue weighted by molar-refractivity contribution is 5.82. The van der Waals surface area contributed by atoms with E-state index in [0.29, 0.717) is 0 Å². The predicted octanol–water partition coefficient (Wildman–Crippen LogP) is 3.21. The van der Waals surface area contributed by atoms with Crippen LogP contribution in [0.2, 0.25) is 0 Å². The van der Waals surface area contributed by atoms with Crippen molar-refractivity contribution in [3.63, 3.8) is 0 Å². The first-order valence-electron chi connectivity index (χ1n) is 5.75. The van der Waals surface area contributed by atoms with Gasteiger partial charge in [0.1, 0.15) is 5.75 Å². The molecule has 0 bridgehead atoms. The van der Waals surface area contributed by atoms with E-state index in [4.69, 9.17) is 5.11 Å². The van der Waals surface area contributed by atoms with Crippen molar-refractivity contribution in [1.29, 1.82) is 0 Å². The summed E-state index contributed by atoms with van der Waals surface area (Å²) < 4.78 is 0. The highest BCUT2D eigenvalue weighted by Gasteiger charge is 1.94. The maximum atomic E-state index is 9.17. The summed E-state index contributed by atoms with van der Waals surface area (Å²) in [5.41, 5.74) is 3.04. The van der Waals surface area contributed by atoms with Crippen LogP contribution in [0.1, 0.15) is 5.56 Å². The molecule has 0 unspecified atom stereocenters. The fourth-order valence-corrected chi connectivity index (χ4v) is 1.55. The number of phenols is 1. The second kappa shape index (κ2) is 5.36. The van der Waals surface area contributed by atoms with Crippen LogP contribution in [0.15, 0.2) is 53.5 Å². The number of aromatic hydroxyl groups is 1. The maximum absolute atomic E-state index is 9.17. The summed E-state index contributed by atoms with van der Waals surface area (Å²) in [7, 11) is 4.03. The van der Waals surface area contributed by atoms with Gasteiger partial charge in [-0.05, 0) is 42.0 Å². The number of nitrogens with zero attached hydrogens (tertiary/aromatic N) is 2. The third-order valence-electron chi connectivity index (χ3n) is 2.62. The summed E-state index contributed by atoms with van der Waals surface area (Å²) in [4.78, 5) is 6.40. The lowest BCUT2D eigenvalue weighted by Gasteiger charge is -2.11. The van der Waals surface area contributed by atoms with Crippen LogP contribution < -0.4 is 4.90 Å². The largest absolute Gasteiger partial charge is 0.508 e. The first-order chi connectivity index (χ1) is 8.65. The van der Waals surface area contributed by atoms with Gasteiger partial charge in [-0.3, -0.25) is 4.99 Å². The molecule has 3 nitrogen and oxygen atoms in total. The number of phenolic OH excluding ortho intramolecular Hbond substituents is 1. The van der Waals surface area contributed by atoms with E-state index in [1.807, 2.05) is 32.4 Å². The number of benzene rings is 2. The van der Waals surface area contributed by atoms with Crippen molar-refractivity contribution in [3.05, 3.63) is 54.1 Å². The van der Waals surface area contributed by atoms with Gasteiger partial charge >= 0.3 is 0 Å². The number of rotatable bonds is 3. The molecule has 0 fully saturated rings. The summed E-state index contributed by atoms with van der Waals surface area (Å²) >= 11 is 0. The molecule has 1 N–H and O–H groups in total. The molecule has 0 radical (unpaired) electrons. The van der Waals surface area contributed by atoms with Gasteiger partial charge in [-0.25, -0.2) is 0 Å². The van der Waals surface area contributed by atoms with Gasteiger partial charge < -0.3 is 10.0 Å². The van der Waals surface area contributed by atoms with E-state index in [1.165, 1.54) is 0 Å². The van der Waals surface area contributed by atoms with Crippen molar-refractivity contribution in [1.82, 2.24) is 0 Å². The Morgan fingerprint density at radius 3 is 2.11 bits per heavy atom. The summed E-state index contributed by atoms with van der Waals surface area (Å²) in [6.07, 6.45) is 1.81. The Labute approximate surface area is 107 Å². The highest BCUT2D eigenvalue weighted by Crippen LogP contribution is 2.17. The Morgan fingerprint density at radius 2 is 1.56 bits per heavy atom. The minimum atomic E-state index is 0.254. The number of hydrogen-bond acceptors (Lipinski definition) is 3. The van der Waals surface area contributed by atoms with E-state index in [9.17, 15) is 0 Å². The van der Waals surface area contributed by atoms with Crippen LogP contribution in [0.4, 0.5) is 11.4 Å². The van der Waals surface area contributed by atoms with Gasteiger partial charge in [0, 0.05) is 26.0 Å². The minimum Gasteiger partial charge on any atom is -0.508 e. The Bertz CT molecular complexity index is 527. The average Bonchev–Trinajstić information content (AvgIpc) is 2.38. The van der Waals surface area contributed by atoms with Gasteiger partial charge in [-0.2, -0.15) is 0 Å². The fraction of sp³-hybridized carbons (Fsp3) is 0.133. The van der Waals surface area contributed by atoms with Crippen molar-refractivity contribution in [2.75, 3.05) is 19.0 Å². The smallest absolute Gasteiger partial charge is 0.115 e. The van der Waals surface area contributed by atoms with Crippen molar-refractivity contribution in [2.24, 2.45) is 4.99 Å². The van der Waals surface area contributed by atoms with Crippen LogP contribution in [-0.2, 0) is 0 Å². The molecule has 0 atom stereocenters. The molecule has 0 aliphatic rings. The second-order valence-electron chi connectivity index (χ2n) is 4.26. The molecule has 92 valence electrons. The molecule has 3 heteroatoms. The molecule has 18 heavy (non-hydrogen) atoms. The SMILES string of the molecule is CN(C)c1ccc(C=Nc2ccc(O)cc2)cc1. The molecule has 0 saturated carbocycles. The van der Waals surface area contributed by atoms with E-state index in [2.05, 4.69) is 22.0 Å². The molecule has 2 rings (SSSR count). The van der Waals surface area contributed by atoms with Gasteiger partial charge in [-0.15, -0.1) is 0 Å². The Kier molecular flexibility index (Phi) is 3.63. The third kappa shape index (κ3) is 3.10. The Hall–Kier alpha value is -2.29. The summed E-state index contributed by atoms with van der Waals surface area (Å²) in [5.74, 6) is 0.254. The standard InChI is InChI=1S/C15H16N2O/c1-17(2)14-7-3-12(4-8-14)11-16-13-5-9-15(18)10-6-13/h3-11,18H,1-2H3. The summed E-state index contributed by atoms with van der Waals surface area (Å²) in [6, 6.07) is 15.0. The van der Waals surface area contributed by atoms with Crippen LogP contribution in [0, 0.1) is 0 Å². The molecule has 0 spiro atoms. The fourth-order valence-electron chi connectivity index (χ4n) is 1.55. The third-order valence-corrected chi connectivity index (χ3v) is 2.62. The monoisotopic (exact) mass is 240 g/mol. The van der Waals surface area contributed by atoms with Crippen LogP contribution in [0.5, 0.6) is 5.75 Å². The molecule has 0 aliphatic carbocycles. The quantitative estimate of drug-likeness (QED) is 0.836. The summed E-state index contributed by atoms with van der Waals surface area (Å²) in [6.45, 7) is 0. The molecule has 0 amide bonds. The average molecular weight is 240 g/mol. The minimum absolute atomic E-state index is 0.254. The molecule has 0 saturated heterocycles. The topological polar surface area (TPSA) is 35.8 Å². The highest BCUT2D eigenvalue weighted by atomic mass is 16.3. The number of aliphatic imine (C=N–C) groups is 1. The molecule has 0 aromatic heterocycles. The van der Waals surface area contributed by atoms with Gasteiger partial charge in [0.15, 0.2) is 0 Å². The lowest BCUT2D eigenvalue weighted by molar-refractivity contribution is 0.475. The normalized spacial score (nSPS) is 10.8. The van der Waals surface area contributed by atoms with Crippen LogP contribution >= 0.6 is 0 Å². The Balaban J connectivity index is 2.11. The van der Waals surface area contributed by atoms with Crippen LogP contribution in [0.3, 0.4) is 0 Å². The molecule has 0 heterocycles. The van der Waals surface area contributed by atoms with E-state index in [0.717, 1.165) is 16.9 Å². The van der Waals surface area contributed by atoms with Gasteiger partial charge in [-0.1, -0.05) is 12.1 Å². The summed E-state index contributed by atoms with van der Waals surface area (Å²) in [5, 5.41) is 9.17. The van der Waals surface area contributed by atoms with E-state index in [-0.39, 0.29) is 5.75 Å². The maximum Gasteiger partial charge on any atom is 0.115 e. The van der Waals surface area contributed by atoms with Crippen LogP contribution in [-0.4, -0.2) is 25.4 Å². The van der Waals surface area contributed by atoms with Crippen molar-refractivity contribution < 1.29 is 5.11 Å². The lowest BCUT2D eigenvalue weighted by Crippen LogP contribution is -2.08. The van der Waals surface area contributed by atoms with E-state index < -0.39 is 0 Å². The Morgan fingerprint density at radius 1 is 0.944 bits per heavy atom. The molecular formula is C15H16N2O. The number of hydrogen-bond donors (Lipinski definition) is 1. The lowest BCUT2D eigenvalue weighted by atomic mass is 10.2. The van der Waals surface area contributed by atoms with Crippen molar-refractivity contribution in [2.45, 2.75) is 0 Å². The zero-order valence-electron chi connectivity index (χ0n) is 10.5. The predicted molar refractivity (Wildman–Crippen MR) is 76.1 cm³/mol. The van der Waals surface area contributed by atoms with E-state index >= 15 is 0 Å². The zero-order chi connectivity index (χ0) is 13.0. The van der Waals surface area contributed by atoms with Gasteiger partial charge in [0.2, 0.25) is 0 Å². The molecule has 2 aromatic rings. The van der Waals surface area contributed by atoms with Crippen molar-refractivity contribution in [3.8, 4) is 5.75 Å². The first kappa shape index (κ1) is 12.2. The first-order valence-corrected chi connectivity index (χ1v) is 5.75. The number of anilines is 1. The zero-order valence-corrected chi connectivity index (χ0v) is 10.5. The second-order valence-corrected chi connectivity index (χ2v) is 4.26. The molecule has 0 aliphatic heterocycles. The van der Waals surface area contributed by atoms with Gasteiger partial charge in [0.25, 0.3) is 0 Å².